The van der Waals surface area contributed by atoms with E-state index in [-0.39, 0.29) is 11.3 Å². The number of anilines is 1. The number of methoxy groups -OCH3 is 2. The number of ether oxygens (including phenoxy) is 3. The third-order valence-corrected chi connectivity index (χ3v) is 7.18. The van der Waals surface area contributed by atoms with E-state index >= 15 is 0 Å². The first kappa shape index (κ1) is 26.0. The van der Waals surface area contributed by atoms with E-state index in [1.165, 1.54) is 30.5 Å². The Morgan fingerprint density at radius 1 is 1.00 bits per heavy atom. The first-order valence-corrected chi connectivity index (χ1v) is 13.0. The lowest BCUT2D eigenvalue weighted by atomic mass is 9.95. The smallest absolute Gasteiger partial charge is 0.301 e. The summed E-state index contributed by atoms with van der Waals surface area (Å²) in [7, 11) is 3.02. The molecule has 1 N–H and O–H groups in total. The molecule has 9 heteroatoms. The van der Waals surface area contributed by atoms with Crippen LogP contribution in [0.25, 0.3) is 5.76 Å². The van der Waals surface area contributed by atoms with E-state index in [1.54, 1.807) is 54.0 Å². The molecule has 4 aromatic rings. The molecular weight excluding hydrogens is 516 g/mol. The van der Waals surface area contributed by atoms with Gasteiger partial charge in [0, 0.05) is 17.1 Å². The van der Waals surface area contributed by atoms with Gasteiger partial charge in [-0.1, -0.05) is 35.9 Å². The number of aliphatic hydroxyl groups excluding tert-OH is 1. The molecule has 3 aromatic carbocycles. The van der Waals surface area contributed by atoms with Crippen molar-refractivity contribution in [3.63, 3.8) is 0 Å². The predicted octanol–water partition coefficient (Wildman–Crippen LogP) is 5.67. The van der Waals surface area contributed by atoms with Crippen LogP contribution >= 0.6 is 11.3 Å². The van der Waals surface area contributed by atoms with Gasteiger partial charge in [-0.25, -0.2) is 4.98 Å². The Morgan fingerprint density at radius 2 is 1.77 bits per heavy atom. The van der Waals surface area contributed by atoms with Crippen molar-refractivity contribution in [2.45, 2.75) is 19.6 Å². The molecule has 0 spiro atoms. The molecule has 0 radical (unpaired) electrons. The Morgan fingerprint density at radius 3 is 2.44 bits per heavy atom. The molecule has 1 fully saturated rings. The fourth-order valence-electron chi connectivity index (χ4n) is 4.54. The Labute approximate surface area is 229 Å². The summed E-state index contributed by atoms with van der Waals surface area (Å²) >= 11 is 1.22. The Balaban J connectivity index is 1.52. The summed E-state index contributed by atoms with van der Waals surface area (Å²) in [4.78, 5) is 32.1. The summed E-state index contributed by atoms with van der Waals surface area (Å²) in [5.74, 6) is -0.347. The van der Waals surface area contributed by atoms with Crippen LogP contribution in [0.15, 0.2) is 83.9 Å². The number of ketones is 1. The molecule has 1 amide bonds. The number of nitrogens with zero attached hydrogens (tertiary/aromatic N) is 2. The zero-order valence-electron chi connectivity index (χ0n) is 21.6. The highest BCUT2D eigenvalue weighted by Gasteiger charge is 2.48. The maximum atomic E-state index is 13.3. The van der Waals surface area contributed by atoms with Gasteiger partial charge < -0.3 is 19.3 Å². The largest absolute Gasteiger partial charge is 0.507 e. The van der Waals surface area contributed by atoms with Crippen molar-refractivity contribution >= 4 is 33.9 Å². The Bertz CT molecular complexity index is 1550. The molecule has 0 saturated carbocycles. The van der Waals surface area contributed by atoms with Gasteiger partial charge in [-0.05, 0) is 54.4 Å². The van der Waals surface area contributed by atoms with Crippen molar-refractivity contribution in [1.29, 1.82) is 0 Å². The second-order valence-electron chi connectivity index (χ2n) is 8.90. The van der Waals surface area contributed by atoms with Gasteiger partial charge in [-0.15, -0.1) is 11.3 Å². The number of aromatic nitrogens is 1. The number of hydrogen-bond donors (Lipinski definition) is 1. The molecule has 1 aliphatic rings. The minimum atomic E-state index is -0.923. The molecule has 1 atom stereocenters. The van der Waals surface area contributed by atoms with Crippen molar-refractivity contribution in [2.24, 2.45) is 0 Å². The summed E-state index contributed by atoms with van der Waals surface area (Å²) in [5.41, 5.74) is 3.08. The molecule has 39 heavy (non-hydrogen) atoms. The van der Waals surface area contributed by atoms with E-state index in [2.05, 4.69) is 11.1 Å². The Kier molecular flexibility index (Phi) is 7.33. The quantitative estimate of drug-likeness (QED) is 0.174. The number of hydrogen-bond acceptors (Lipinski definition) is 8. The third kappa shape index (κ3) is 5.08. The van der Waals surface area contributed by atoms with E-state index in [0.29, 0.717) is 40.1 Å². The number of amides is 1. The second-order valence-corrected chi connectivity index (χ2v) is 9.77. The molecule has 0 aliphatic carbocycles. The topological polar surface area (TPSA) is 98.2 Å². The lowest BCUT2D eigenvalue weighted by Gasteiger charge is -2.23. The third-order valence-electron chi connectivity index (χ3n) is 6.41. The van der Waals surface area contributed by atoms with Crippen LogP contribution in [0.5, 0.6) is 17.2 Å². The maximum absolute atomic E-state index is 13.3. The second kappa shape index (κ2) is 11.0. The van der Waals surface area contributed by atoms with Crippen molar-refractivity contribution in [2.75, 3.05) is 19.1 Å². The molecule has 5 rings (SSSR count). The van der Waals surface area contributed by atoms with Gasteiger partial charge in [0.25, 0.3) is 5.78 Å². The number of Topliss-reactive ketones (excluding diaryl/α,β-unsaturated/α-hetero) is 1. The first-order chi connectivity index (χ1) is 18.9. The molecule has 0 unspecified atom stereocenters. The zero-order valence-corrected chi connectivity index (χ0v) is 22.4. The van der Waals surface area contributed by atoms with Crippen molar-refractivity contribution < 1.29 is 28.9 Å². The van der Waals surface area contributed by atoms with Crippen LogP contribution in [0.4, 0.5) is 5.13 Å². The van der Waals surface area contributed by atoms with Crippen LogP contribution in [0, 0.1) is 6.92 Å². The van der Waals surface area contributed by atoms with Gasteiger partial charge in [0.05, 0.1) is 25.8 Å². The van der Waals surface area contributed by atoms with Crippen molar-refractivity contribution in [3.8, 4) is 17.2 Å². The number of aryl methyl sites for hydroxylation is 1. The summed E-state index contributed by atoms with van der Waals surface area (Å²) in [6, 6.07) is 19.0. The highest BCUT2D eigenvalue weighted by Crippen LogP contribution is 2.44. The van der Waals surface area contributed by atoms with Crippen molar-refractivity contribution in [1.82, 2.24) is 4.98 Å². The van der Waals surface area contributed by atoms with E-state index < -0.39 is 17.7 Å². The fourth-order valence-corrected chi connectivity index (χ4v) is 5.20. The minimum absolute atomic E-state index is 0.0455. The van der Waals surface area contributed by atoms with Gasteiger partial charge in [0.1, 0.15) is 18.1 Å². The molecule has 1 aromatic heterocycles. The summed E-state index contributed by atoms with van der Waals surface area (Å²) in [6.45, 7) is 2.42. The molecule has 0 bridgehead atoms. The molecule has 8 nitrogen and oxygen atoms in total. The van der Waals surface area contributed by atoms with Gasteiger partial charge in [0.15, 0.2) is 16.6 Å². The monoisotopic (exact) mass is 542 g/mol. The average Bonchev–Trinajstić information content (AvgIpc) is 3.58. The van der Waals surface area contributed by atoms with Crippen LogP contribution in [0.3, 0.4) is 0 Å². The summed E-state index contributed by atoms with van der Waals surface area (Å²) in [6.07, 6.45) is 1.56. The van der Waals surface area contributed by atoms with E-state index in [9.17, 15) is 14.7 Å². The van der Waals surface area contributed by atoms with Gasteiger partial charge >= 0.3 is 5.91 Å². The normalized spacial score (nSPS) is 16.4. The number of benzene rings is 3. The van der Waals surface area contributed by atoms with Crippen LogP contribution < -0.4 is 19.1 Å². The lowest BCUT2D eigenvalue weighted by molar-refractivity contribution is -0.132. The first-order valence-electron chi connectivity index (χ1n) is 12.1. The molecular formula is C30H26N2O6S. The standard InChI is InChI=1S/C30H26N2O6S/c1-18-5-4-6-19(15-18)17-38-22-10-7-20(8-11-22)27(33)25-26(21-9-12-23(36-2)24(16-21)37-3)32(29(35)28(25)34)30-31-13-14-39-30/h4-16,26,33H,17H2,1-3H3/b27-25+/t26-/m0/s1. The van der Waals surface area contributed by atoms with Gasteiger partial charge in [-0.3, -0.25) is 14.5 Å². The molecule has 198 valence electrons. The fraction of sp³-hybridized carbons (Fsp3) is 0.167. The van der Waals surface area contributed by atoms with Crippen LogP contribution in [-0.2, 0) is 16.2 Å². The van der Waals surface area contributed by atoms with Gasteiger partial charge in [-0.2, -0.15) is 0 Å². The number of thiazole rings is 1. The van der Waals surface area contributed by atoms with Crippen molar-refractivity contribution in [3.05, 3.63) is 106 Å². The number of carbonyl (C=O) groups is 2. The Hall–Kier alpha value is -4.63. The molecule has 1 saturated heterocycles. The van der Waals surface area contributed by atoms with E-state index in [1.807, 2.05) is 25.1 Å². The highest BCUT2D eigenvalue weighted by molar-refractivity contribution is 7.14. The average molecular weight is 543 g/mol. The summed E-state index contributed by atoms with van der Waals surface area (Å²) in [5, 5.41) is 13.4. The SMILES string of the molecule is COc1ccc([C@H]2/C(=C(\O)c3ccc(OCc4cccc(C)c4)cc3)C(=O)C(=O)N2c2nccs2)cc1OC. The lowest BCUT2D eigenvalue weighted by Crippen LogP contribution is -2.29. The van der Waals surface area contributed by atoms with Crippen LogP contribution in [-0.4, -0.2) is 36.0 Å². The van der Waals surface area contributed by atoms with Crippen LogP contribution in [0.1, 0.15) is 28.3 Å². The predicted molar refractivity (Wildman–Crippen MR) is 148 cm³/mol. The summed E-state index contributed by atoms with van der Waals surface area (Å²) < 4.78 is 16.7. The zero-order chi connectivity index (χ0) is 27.5. The van der Waals surface area contributed by atoms with Gasteiger partial charge in [0.2, 0.25) is 0 Å². The number of carbonyl (C=O) groups excluding carboxylic acids is 2. The van der Waals surface area contributed by atoms with E-state index in [0.717, 1.165) is 11.1 Å². The molecule has 1 aliphatic heterocycles. The molecule has 2 heterocycles. The number of rotatable bonds is 8. The maximum Gasteiger partial charge on any atom is 0.301 e. The van der Waals surface area contributed by atoms with Crippen LogP contribution in [0.2, 0.25) is 0 Å². The number of aliphatic hydroxyl groups is 1. The van der Waals surface area contributed by atoms with E-state index in [4.69, 9.17) is 14.2 Å². The highest BCUT2D eigenvalue weighted by atomic mass is 32.1. The minimum Gasteiger partial charge on any atom is -0.507 e.